The Morgan fingerprint density at radius 2 is 2.27 bits per heavy atom. The lowest BCUT2D eigenvalue weighted by Crippen LogP contribution is -1.90. The van der Waals surface area contributed by atoms with Crippen LogP contribution >= 0.6 is 22.6 Å². The number of hydrogen-bond acceptors (Lipinski definition) is 2. The molecule has 0 amide bonds. The van der Waals surface area contributed by atoms with E-state index in [0.717, 1.165) is 3.57 Å². The van der Waals surface area contributed by atoms with Crippen LogP contribution in [0.2, 0.25) is 0 Å². The number of aliphatic hydroxyl groups is 1. The number of rotatable bonds is 2. The van der Waals surface area contributed by atoms with Gasteiger partial charge in [-0.05, 0) is 34.7 Å². The lowest BCUT2D eigenvalue weighted by molar-refractivity contribution is 0.277. The van der Waals surface area contributed by atoms with E-state index in [0.29, 0.717) is 17.1 Å². The molecule has 0 aliphatic heterocycles. The summed E-state index contributed by atoms with van der Waals surface area (Å²) < 4.78 is 14.3. The van der Waals surface area contributed by atoms with E-state index >= 15 is 0 Å². The zero-order valence-electron chi connectivity index (χ0n) is 7.67. The van der Waals surface area contributed by atoms with Crippen LogP contribution in [0.15, 0.2) is 24.4 Å². The van der Waals surface area contributed by atoms with Crippen molar-refractivity contribution in [2.24, 2.45) is 0 Å². The SMILES string of the molecule is OCc1cnc(-c2c(F)cccc2I)[nH]1. The first-order valence-electron chi connectivity index (χ1n) is 4.31. The Bertz CT molecular complexity index is 464. The molecule has 1 aromatic heterocycles. The largest absolute Gasteiger partial charge is 0.390 e. The van der Waals surface area contributed by atoms with Crippen LogP contribution in [0, 0.1) is 9.39 Å². The number of hydrogen-bond donors (Lipinski definition) is 2. The van der Waals surface area contributed by atoms with Crippen LogP contribution in [0.3, 0.4) is 0 Å². The molecule has 0 saturated carbocycles. The predicted octanol–water partition coefficient (Wildman–Crippen LogP) is 2.31. The molecule has 2 N–H and O–H groups in total. The van der Waals surface area contributed by atoms with Crippen LogP contribution in [-0.4, -0.2) is 15.1 Å². The van der Waals surface area contributed by atoms with Crippen LogP contribution in [-0.2, 0) is 6.61 Å². The third-order valence-corrected chi connectivity index (χ3v) is 2.90. The highest BCUT2D eigenvalue weighted by atomic mass is 127. The fourth-order valence-corrected chi connectivity index (χ4v) is 2.01. The van der Waals surface area contributed by atoms with Gasteiger partial charge in [-0.1, -0.05) is 6.07 Å². The second-order valence-corrected chi connectivity index (χ2v) is 4.17. The van der Waals surface area contributed by atoms with Crippen LogP contribution in [0.5, 0.6) is 0 Å². The smallest absolute Gasteiger partial charge is 0.141 e. The molecule has 0 bridgehead atoms. The average molecular weight is 318 g/mol. The number of imidazole rings is 1. The number of aliphatic hydroxyl groups excluding tert-OH is 1. The number of aromatic amines is 1. The minimum Gasteiger partial charge on any atom is -0.390 e. The van der Waals surface area contributed by atoms with Gasteiger partial charge in [-0.2, -0.15) is 0 Å². The summed E-state index contributed by atoms with van der Waals surface area (Å²) in [5, 5.41) is 8.87. The number of benzene rings is 1. The zero-order chi connectivity index (χ0) is 10.8. The van der Waals surface area contributed by atoms with Crippen molar-refractivity contribution in [3.63, 3.8) is 0 Å². The normalized spacial score (nSPS) is 10.6. The molecular weight excluding hydrogens is 310 g/mol. The van der Waals surface area contributed by atoms with Gasteiger partial charge in [0.15, 0.2) is 0 Å². The molecule has 0 aliphatic rings. The summed E-state index contributed by atoms with van der Waals surface area (Å²) in [6.45, 7) is -0.127. The summed E-state index contributed by atoms with van der Waals surface area (Å²) in [4.78, 5) is 6.87. The third kappa shape index (κ3) is 2.03. The monoisotopic (exact) mass is 318 g/mol. The van der Waals surface area contributed by atoms with Gasteiger partial charge in [0.05, 0.1) is 24.1 Å². The summed E-state index contributed by atoms with van der Waals surface area (Å²) in [7, 11) is 0. The summed E-state index contributed by atoms with van der Waals surface area (Å²) in [6, 6.07) is 4.84. The maximum Gasteiger partial charge on any atom is 0.141 e. The van der Waals surface area contributed by atoms with Crippen molar-refractivity contribution in [3.8, 4) is 11.4 Å². The van der Waals surface area contributed by atoms with Gasteiger partial charge in [-0.3, -0.25) is 0 Å². The topological polar surface area (TPSA) is 48.9 Å². The van der Waals surface area contributed by atoms with Crippen molar-refractivity contribution in [1.29, 1.82) is 0 Å². The molecule has 0 spiro atoms. The Hall–Kier alpha value is -0.950. The quantitative estimate of drug-likeness (QED) is 0.835. The predicted molar refractivity (Wildman–Crippen MR) is 62.6 cm³/mol. The molecule has 15 heavy (non-hydrogen) atoms. The van der Waals surface area contributed by atoms with E-state index in [2.05, 4.69) is 9.97 Å². The molecule has 0 aliphatic carbocycles. The highest BCUT2D eigenvalue weighted by Gasteiger charge is 2.11. The molecule has 2 aromatic rings. The van der Waals surface area contributed by atoms with Gasteiger partial charge in [-0.15, -0.1) is 0 Å². The van der Waals surface area contributed by atoms with Gasteiger partial charge in [0.2, 0.25) is 0 Å². The highest BCUT2D eigenvalue weighted by molar-refractivity contribution is 14.1. The summed E-state index contributed by atoms with van der Waals surface area (Å²) in [5.41, 5.74) is 1.02. The van der Waals surface area contributed by atoms with E-state index in [-0.39, 0.29) is 12.4 Å². The van der Waals surface area contributed by atoms with Crippen LogP contribution < -0.4 is 0 Å². The van der Waals surface area contributed by atoms with Gasteiger partial charge in [0.1, 0.15) is 11.6 Å². The standard InChI is InChI=1S/C10H8FIN2O/c11-7-2-1-3-8(12)9(7)10-13-4-6(5-15)14-10/h1-4,15H,5H2,(H,13,14). The number of H-pyrrole nitrogens is 1. The molecule has 0 fully saturated rings. The van der Waals surface area contributed by atoms with E-state index in [1.165, 1.54) is 12.3 Å². The first-order chi connectivity index (χ1) is 7.22. The van der Waals surface area contributed by atoms with E-state index in [1.807, 2.05) is 22.6 Å². The highest BCUT2D eigenvalue weighted by Crippen LogP contribution is 2.25. The van der Waals surface area contributed by atoms with Crippen LogP contribution in [0.1, 0.15) is 5.69 Å². The Morgan fingerprint density at radius 3 is 2.87 bits per heavy atom. The second-order valence-electron chi connectivity index (χ2n) is 3.01. The van der Waals surface area contributed by atoms with Crippen molar-refractivity contribution in [3.05, 3.63) is 39.5 Å². The van der Waals surface area contributed by atoms with Crippen molar-refractivity contribution >= 4 is 22.6 Å². The lowest BCUT2D eigenvalue weighted by Gasteiger charge is -2.01. The Kier molecular flexibility index (Phi) is 3.01. The Morgan fingerprint density at radius 1 is 1.47 bits per heavy atom. The fourth-order valence-electron chi connectivity index (χ4n) is 1.29. The second kappa shape index (κ2) is 4.28. The van der Waals surface area contributed by atoms with Crippen LogP contribution in [0.25, 0.3) is 11.4 Å². The molecule has 0 atom stereocenters. The molecule has 2 rings (SSSR count). The molecular formula is C10H8FIN2O. The number of nitrogens with zero attached hydrogens (tertiary/aromatic N) is 1. The van der Waals surface area contributed by atoms with E-state index < -0.39 is 0 Å². The molecule has 0 unspecified atom stereocenters. The van der Waals surface area contributed by atoms with Gasteiger partial charge >= 0.3 is 0 Å². The minimum atomic E-state index is -0.319. The molecule has 0 radical (unpaired) electrons. The summed E-state index contributed by atoms with van der Waals surface area (Å²) in [6.07, 6.45) is 1.50. The summed E-state index contributed by atoms with van der Waals surface area (Å²) in [5.74, 6) is 0.127. The zero-order valence-corrected chi connectivity index (χ0v) is 9.82. The molecule has 78 valence electrons. The maximum atomic E-state index is 13.5. The average Bonchev–Trinajstić information content (AvgIpc) is 2.66. The number of aromatic nitrogens is 2. The van der Waals surface area contributed by atoms with Crippen molar-refractivity contribution in [1.82, 2.24) is 9.97 Å². The van der Waals surface area contributed by atoms with E-state index in [9.17, 15) is 4.39 Å². The van der Waals surface area contributed by atoms with Gasteiger partial charge in [0.25, 0.3) is 0 Å². The van der Waals surface area contributed by atoms with Crippen LogP contribution in [0.4, 0.5) is 4.39 Å². The van der Waals surface area contributed by atoms with Gasteiger partial charge in [0, 0.05) is 3.57 Å². The summed E-state index contributed by atoms with van der Waals surface area (Å²) >= 11 is 2.05. The molecule has 3 nitrogen and oxygen atoms in total. The Labute approximate surface area is 99.5 Å². The third-order valence-electron chi connectivity index (χ3n) is 2.00. The maximum absolute atomic E-state index is 13.5. The number of nitrogens with one attached hydrogen (secondary N) is 1. The molecule has 5 heteroatoms. The van der Waals surface area contributed by atoms with E-state index in [1.54, 1.807) is 12.1 Å². The van der Waals surface area contributed by atoms with Gasteiger partial charge in [-0.25, -0.2) is 9.37 Å². The molecule has 0 saturated heterocycles. The van der Waals surface area contributed by atoms with E-state index in [4.69, 9.17) is 5.11 Å². The van der Waals surface area contributed by atoms with Crippen molar-refractivity contribution < 1.29 is 9.50 Å². The first-order valence-corrected chi connectivity index (χ1v) is 5.39. The molecule has 1 aromatic carbocycles. The van der Waals surface area contributed by atoms with Gasteiger partial charge < -0.3 is 10.1 Å². The van der Waals surface area contributed by atoms with Crippen molar-refractivity contribution in [2.45, 2.75) is 6.61 Å². The Balaban J connectivity index is 2.53. The molecule has 1 heterocycles. The fraction of sp³-hybridized carbons (Fsp3) is 0.100. The minimum absolute atomic E-state index is 0.127. The first kappa shape index (κ1) is 10.6. The van der Waals surface area contributed by atoms with Crippen molar-refractivity contribution in [2.75, 3.05) is 0 Å². The number of halogens is 2. The lowest BCUT2D eigenvalue weighted by atomic mass is 10.2.